The third kappa shape index (κ3) is 10.3. The van der Waals surface area contributed by atoms with E-state index in [0.29, 0.717) is 29.2 Å². The second-order valence-electron chi connectivity index (χ2n) is 11.2. The second kappa shape index (κ2) is 17.5. The number of aryl methyl sites for hydroxylation is 1. The van der Waals surface area contributed by atoms with Crippen LogP contribution in [0.3, 0.4) is 0 Å². The maximum atomic E-state index is 8.90. The molecule has 3 aromatic rings. The van der Waals surface area contributed by atoms with E-state index in [1.54, 1.807) is 6.21 Å². The molecule has 0 radical (unpaired) electrons. The molecule has 1 saturated heterocycles. The van der Waals surface area contributed by atoms with E-state index in [4.69, 9.17) is 37.9 Å². The summed E-state index contributed by atoms with van der Waals surface area (Å²) >= 11 is 13.1. The van der Waals surface area contributed by atoms with E-state index in [9.17, 15) is 0 Å². The Hall–Kier alpha value is -2.57. The summed E-state index contributed by atoms with van der Waals surface area (Å²) in [6.07, 6.45) is 12.2. The topological polar surface area (TPSA) is 54.3 Å². The van der Waals surface area contributed by atoms with Crippen molar-refractivity contribution in [2.24, 2.45) is 11.1 Å². The van der Waals surface area contributed by atoms with E-state index in [-0.39, 0.29) is 0 Å². The highest BCUT2D eigenvalue weighted by molar-refractivity contribution is 6.36. The molecular formula is C35H44Cl2N2O3. The summed E-state index contributed by atoms with van der Waals surface area (Å²) in [5.74, 6) is 1.32. The first kappa shape index (κ1) is 32.3. The molecule has 0 spiro atoms. The Morgan fingerprint density at radius 3 is 2.38 bits per heavy atom. The molecule has 0 aliphatic carbocycles. The molecule has 42 heavy (non-hydrogen) atoms. The molecule has 0 unspecified atom stereocenters. The molecule has 226 valence electrons. The standard InChI is InChI=1S/C35H44Cl2N2O3/c1-41-38-24-29-12-15-34(36)33(22-29)32-14-13-31(23-35(32)37)42-26-28-16-18-39(19-17-28)25-30-11-8-10-27(21-30)9-6-4-2-3-5-7-20-40/h8,10-15,21-24,28,40H,2-7,9,16-20,25-26H2,1H3. The molecule has 0 saturated carbocycles. The summed E-state index contributed by atoms with van der Waals surface area (Å²) in [5, 5.41) is 14.0. The molecule has 4 rings (SSSR count). The number of ether oxygens (including phenoxy) is 1. The van der Waals surface area contributed by atoms with Crippen molar-refractivity contribution in [2.45, 2.75) is 64.3 Å². The fourth-order valence-corrected chi connectivity index (χ4v) is 6.05. The number of aliphatic hydroxyl groups is 1. The Morgan fingerprint density at radius 2 is 1.62 bits per heavy atom. The average Bonchev–Trinajstić information content (AvgIpc) is 3.00. The van der Waals surface area contributed by atoms with Gasteiger partial charge in [0.05, 0.1) is 17.8 Å². The van der Waals surface area contributed by atoms with Crippen molar-refractivity contribution in [3.8, 4) is 16.9 Å². The Kier molecular flexibility index (Phi) is 13.5. The van der Waals surface area contributed by atoms with Gasteiger partial charge in [0.2, 0.25) is 0 Å². The van der Waals surface area contributed by atoms with Crippen molar-refractivity contribution in [1.29, 1.82) is 0 Å². The molecule has 0 aromatic heterocycles. The molecule has 0 amide bonds. The van der Waals surface area contributed by atoms with Crippen LogP contribution in [0.15, 0.2) is 65.8 Å². The lowest BCUT2D eigenvalue weighted by atomic mass is 9.97. The van der Waals surface area contributed by atoms with Crippen LogP contribution in [0.25, 0.3) is 11.1 Å². The fraction of sp³-hybridized carbons (Fsp3) is 0.457. The Morgan fingerprint density at radius 1 is 0.857 bits per heavy atom. The first-order valence-electron chi connectivity index (χ1n) is 15.3. The number of benzene rings is 3. The summed E-state index contributed by atoms with van der Waals surface area (Å²) in [6.45, 7) is 4.21. The average molecular weight is 612 g/mol. The zero-order valence-electron chi connectivity index (χ0n) is 24.7. The van der Waals surface area contributed by atoms with Crippen LogP contribution < -0.4 is 4.74 Å². The fourth-order valence-electron chi connectivity index (χ4n) is 5.56. The largest absolute Gasteiger partial charge is 0.493 e. The summed E-state index contributed by atoms with van der Waals surface area (Å²) in [7, 11) is 1.51. The van der Waals surface area contributed by atoms with E-state index < -0.39 is 0 Å². The lowest BCUT2D eigenvalue weighted by Gasteiger charge is -2.32. The monoisotopic (exact) mass is 610 g/mol. The van der Waals surface area contributed by atoms with Crippen LogP contribution in [0.1, 0.15) is 68.1 Å². The van der Waals surface area contributed by atoms with Crippen LogP contribution >= 0.6 is 23.2 Å². The quantitative estimate of drug-likeness (QED) is 0.1000. The van der Waals surface area contributed by atoms with Crippen molar-refractivity contribution in [1.82, 2.24) is 4.90 Å². The molecule has 5 nitrogen and oxygen atoms in total. The normalized spacial score (nSPS) is 14.5. The number of hydrogen-bond donors (Lipinski definition) is 1. The highest BCUT2D eigenvalue weighted by Crippen LogP contribution is 2.36. The van der Waals surface area contributed by atoms with Crippen LogP contribution in [-0.4, -0.2) is 49.6 Å². The van der Waals surface area contributed by atoms with Crippen molar-refractivity contribution in [3.05, 3.63) is 87.4 Å². The number of likely N-dealkylation sites (tertiary alicyclic amines) is 1. The van der Waals surface area contributed by atoms with Crippen LogP contribution in [0.2, 0.25) is 10.0 Å². The molecular weight excluding hydrogens is 567 g/mol. The molecule has 7 heteroatoms. The minimum absolute atomic E-state index is 0.322. The number of halogens is 2. The maximum Gasteiger partial charge on any atom is 0.120 e. The maximum absolute atomic E-state index is 8.90. The molecule has 1 fully saturated rings. The van der Waals surface area contributed by atoms with Gasteiger partial charge in [-0.1, -0.05) is 84.4 Å². The Bertz CT molecular complexity index is 1270. The number of piperidine rings is 1. The van der Waals surface area contributed by atoms with Crippen molar-refractivity contribution >= 4 is 29.4 Å². The zero-order valence-corrected chi connectivity index (χ0v) is 26.3. The highest BCUT2D eigenvalue weighted by Gasteiger charge is 2.20. The number of oxime groups is 1. The summed E-state index contributed by atoms with van der Waals surface area (Å²) in [4.78, 5) is 7.35. The van der Waals surface area contributed by atoms with Crippen LogP contribution in [0, 0.1) is 5.92 Å². The van der Waals surface area contributed by atoms with Gasteiger partial charge in [0.25, 0.3) is 0 Å². The van der Waals surface area contributed by atoms with Gasteiger partial charge in [0, 0.05) is 29.3 Å². The van der Waals surface area contributed by atoms with Crippen molar-refractivity contribution < 1.29 is 14.7 Å². The lowest BCUT2D eigenvalue weighted by Crippen LogP contribution is -2.35. The van der Waals surface area contributed by atoms with Gasteiger partial charge >= 0.3 is 0 Å². The SMILES string of the molecule is CON=Cc1ccc(Cl)c(-c2ccc(OCC3CCN(Cc4cccc(CCCCCCCCO)c4)CC3)cc2Cl)c1. The van der Waals surface area contributed by atoms with Crippen molar-refractivity contribution in [2.75, 3.05) is 33.4 Å². The highest BCUT2D eigenvalue weighted by atomic mass is 35.5. The summed E-state index contributed by atoms with van der Waals surface area (Å²) < 4.78 is 6.18. The summed E-state index contributed by atoms with van der Waals surface area (Å²) in [6, 6.07) is 20.6. The minimum Gasteiger partial charge on any atom is -0.493 e. The molecule has 1 aliphatic heterocycles. The zero-order chi connectivity index (χ0) is 29.6. The third-order valence-electron chi connectivity index (χ3n) is 7.99. The Balaban J connectivity index is 1.20. The van der Waals surface area contributed by atoms with E-state index in [1.165, 1.54) is 43.9 Å². The molecule has 1 aliphatic rings. The number of nitrogens with zero attached hydrogens (tertiary/aromatic N) is 2. The number of rotatable bonds is 16. The number of aliphatic hydroxyl groups excluding tert-OH is 1. The Labute approximate surface area is 261 Å². The first-order valence-corrected chi connectivity index (χ1v) is 16.0. The lowest BCUT2D eigenvalue weighted by molar-refractivity contribution is 0.136. The summed E-state index contributed by atoms with van der Waals surface area (Å²) in [5.41, 5.74) is 5.44. The number of unbranched alkanes of at least 4 members (excludes halogenated alkanes) is 5. The molecule has 1 heterocycles. The minimum atomic E-state index is 0.322. The predicted octanol–water partition coefficient (Wildman–Crippen LogP) is 8.81. The van der Waals surface area contributed by atoms with Gasteiger partial charge in [-0.25, -0.2) is 0 Å². The van der Waals surface area contributed by atoms with Gasteiger partial charge < -0.3 is 14.7 Å². The molecule has 3 aromatic carbocycles. The second-order valence-corrected chi connectivity index (χ2v) is 12.1. The van der Waals surface area contributed by atoms with E-state index in [0.717, 1.165) is 74.2 Å². The smallest absolute Gasteiger partial charge is 0.120 e. The van der Waals surface area contributed by atoms with Gasteiger partial charge in [0.1, 0.15) is 12.9 Å². The van der Waals surface area contributed by atoms with Crippen LogP contribution in [0.4, 0.5) is 0 Å². The molecule has 0 bridgehead atoms. The van der Waals surface area contributed by atoms with E-state index >= 15 is 0 Å². The number of hydrogen-bond acceptors (Lipinski definition) is 5. The van der Waals surface area contributed by atoms with Gasteiger partial charge in [-0.15, -0.1) is 0 Å². The van der Waals surface area contributed by atoms with E-state index in [2.05, 4.69) is 34.3 Å². The first-order chi connectivity index (χ1) is 20.6. The molecule has 0 atom stereocenters. The molecule has 1 N–H and O–H groups in total. The van der Waals surface area contributed by atoms with Crippen LogP contribution in [0.5, 0.6) is 5.75 Å². The third-order valence-corrected chi connectivity index (χ3v) is 8.63. The van der Waals surface area contributed by atoms with Crippen molar-refractivity contribution in [3.63, 3.8) is 0 Å². The predicted molar refractivity (Wildman–Crippen MR) is 175 cm³/mol. The van der Waals surface area contributed by atoms with Gasteiger partial charge in [0.15, 0.2) is 0 Å². The van der Waals surface area contributed by atoms with Gasteiger partial charge in [-0.2, -0.15) is 0 Å². The van der Waals surface area contributed by atoms with Gasteiger partial charge in [-0.05, 0) is 98.1 Å². The van der Waals surface area contributed by atoms with Crippen LogP contribution in [-0.2, 0) is 17.8 Å². The van der Waals surface area contributed by atoms with E-state index in [1.807, 2.05) is 36.4 Å². The van der Waals surface area contributed by atoms with Gasteiger partial charge in [-0.3, -0.25) is 4.90 Å².